The zero-order valence-corrected chi connectivity index (χ0v) is 13.3. The highest BCUT2D eigenvalue weighted by atomic mass is 16.2. The van der Waals surface area contributed by atoms with Gasteiger partial charge >= 0.3 is 5.69 Å². The van der Waals surface area contributed by atoms with E-state index in [0.717, 1.165) is 5.56 Å². The molecule has 0 saturated heterocycles. The fourth-order valence-corrected chi connectivity index (χ4v) is 2.30. The van der Waals surface area contributed by atoms with Crippen molar-refractivity contribution in [2.24, 2.45) is 0 Å². The molecule has 0 unspecified atom stereocenters. The topological polar surface area (TPSA) is 120 Å². The molecule has 0 aliphatic rings. The first-order chi connectivity index (χ1) is 12.1. The van der Waals surface area contributed by atoms with E-state index in [1.54, 1.807) is 12.1 Å². The molecule has 0 saturated carbocycles. The Balaban J connectivity index is 1.46. The van der Waals surface area contributed by atoms with Gasteiger partial charge in [-0.3, -0.25) is 14.6 Å². The summed E-state index contributed by atoms with van der Waals surface area (Å²) < 4.78 is 0. The molecule has 0 aliphatic carbocycles. The minimum absolute atomic E-state index is 0.0456. The lowest BCUT2D eigenvalue weighted by Crippen LogP contribution is -2.24. The van der Waals surface area contributed by atoms with Crippen LogP contribution < -0.4 is 16.3 Å². The normalized spacial score (nSPS) is 10.6. The lowest BCUT2D eigenvalue weighted by molar-refractivity contribution is -0.124. The summed E-state index contributed by atoms with van der Waals surface area (Å²) in [6.45, 7) is 0.431. The van der Waals surface area contributed by atoms with Crippen LogP contribution in [0.2, 0.25) is 0 Å². The molecule has 0 atom stereocenters. The van der Waals surface area contributed by atoms with E-state index in [1.165, 1.54) is 0 Å². The smallest absolute Gasteiger partial charge is 0.325 e. The number of rotatable bonds is 6. The Hall–Kier alpha value is -3.42. The van der Waals surface area contributed by atoms with Crippen LogP contribution in [0.15, 0.2) is 47.3 Å². The van der Waals surface area contributed by atoms with Gasteiger partial charge in [0.25, 0.3) is 0 Å². The average Bonchev–Trinajstić information content (AvgIpc) is 2.98. The zero-order chi connectivity index (χ0) is 17.6. The maximum Gasteiger partial charge on any atom is 0.325 e. The average molecular weight is 339 g/mol. The van der Waals surface area contributed by atoms with Gasteiger partial charge in [0.05, 0.1) is 5.52 Å². The number of anilines is 1. The molecule has 3 rings (SSSR count). The van der Waals surface area contributed by atoms with Gasteiger partial charge in [-0.25, -0.2) is 9.78 Å². The molecule has 0 bridgehead atoms. The van der Waals surface area contributed by atoms with Crippen LogP contribution in [0.3, 0.4) is 0 Å². The van der Waals surface area contributed by atoms with Crippen molar-refractivity contribution in [3.8, 4) is 0 Å². The number of hydrogen-bond donors (Lipinski definition) is 4. The third-order valence-corrected chi connectivity index (χ3v) is 3.55. The van der Waals surface area contributed by atoms with Crippen molar-refractivity contribution >= 4 is 28.8 Å². The Morgan fingerprint density at radius 3 is 2.52 bits per heavy atom. The van der Waals surface area contributed by atoms with Gasteiger partial charge in [0.15, 0.2) is 5.65 Å². The summed E-state index contributed by atoms with van der Waals surface area (Å²) in [7, 11) is 0. The van der Waals surface area contributed by atoms with E-state index in [0.29, 0.717) is 23.5 Å². The van der Waals surface area contributed by atoms with Crippen LogP contribution in [0.5, 0.6) is 0 Å². The summed E-state index contributed by atoms with van der Waals surface area (Å²) in [5.74, 6) is -0.200. The second kappa shape index (κ2) is 7.43. The molecule has 0 radical (unpaired) electrons. The summed E-state index contributed by atoms with van der Waals surface area (Å²) in [5, 5.41) is 5.37. The summed E-state index contributed by atoms with van der Waals surface area (Å²) in [4.78, 5) is 44.1. The molecule has 3 aromatic rings. The van der Waals surface area contributed by atoms with Gasteiger partial charge in [-0.1, -0.05) is 30.3 Å². The first kappa shape index (κ1) is 16.4. The van der Waals surface area contributed by atoms with Gasteiger partial charge in [0.2, 0.25) is 11.8 Å². The minimum atomic E-state index is -0.360. The molecule has 4 N–H and O–H groups in total. The number of nitrogens with one attached hydrogen (secondary N) is 4. The monoisotopic (exact) mass is 339 g/mol. The molecule has 25 heavy (non-hydrogen) atoms. The Morgan fingerprint density at radius 2 is 1.72 bits per heavy atom. The minimum Gasteiger partial charge on any atom is -0.352 e. The largest absolute Gasteiger partial charge is 0.352 e. The van der Waals surface area contributed by atoms with E-state index >= 15 is 0 Å². The maximum atomic E-state index is 11.9. The predicted molar refractivity (Wildman–Crippen MR) is 92.9 cm³/mol. The van der Waals surface area contributed by atoms with Gasteiger partial charge in [0, 0.05) is 19.4 Å². The van der Waals surface area contributed by atoms with Crippen molar-refractivity contribution in [3.05, 3.63) is 58.5 Å². The zero-order valence-electron chi connectivity index (χ0n) is 13.3. The SMILES string of the molecule is O=C(CCC(=O)Nc1ccc2[nH]c(=O)[nH]c2n1)NCc1ccccc1. The second-order valence-corrected chi connectivity index (χ2v) is 5.48. The van der Waals surface area contributed by atoms with Gasteiger partial charge in [-0.2, -0.15) is 0 Å². The van der Waals surface area contributed by atoms with Gasteiger partial charge in [-0.05, 0) is 17.7 Å². The molecule has 2 aromatic heterocycles. The standard InChI is InChI=1S/C17H17N5O3/c23-14(18-10-11-4-2-1-3-5-11)8-9-15(24)20-13-7-6-12-16(21-13)22-17(25)19-12/h1-7H,8-10H2,(H,18,23)(H3,19,20,21,22,24,25). The third kappa shape index (κ3) is 4.54. The highest BCUT2D eigenvalue weighted by Crippen LogP contribution is 2.10. The quantitative estimate of drug-likeness (QED) is 0.541. The number of benzene rings is 1. The van der Waals surface area contributed by atoms with Crippen LogP contribution >= 0.6 is 0 Å². The number of amides is 2. The van der Waals surface area contributed by atoms with Crippen molar-refractivity contribution in [2.75, 3.05) is 5.32 Å². The Kier molecular flexibility index (Phi) is 4.89. The van der Waals surface area contributed by atoms with Gasteiger partial charge in [0.1, 0.15) is 5.82 Å². The highest BCUT2D eigenvalue weighted by Gasteiger charge is 2.09. The predicted octanol–water partition coefficient (Wildman–Crippen LogP) is 1.29. The van der Waals surface area contributed by atoms with Crippen LogP contribution in [0.1, 0.15) is 18.4 Å². The number of aromatic nitrogens is 3. The number of carbonyl (C=O) groups excluding carboxylic acids is 2. The molecule has 0 spiro atoms. The fourth-order valence-electron chi connectivity index (χ4n) is 2.30. The Morgan fingerprint density at radius 1 is 0.960 bits per heavy atom. The van der Waals surface area contributed by atoms with E-state index in [4.69, 9.17) is 0 Å². The van der Waals surface area contributed by atoms with Crippen LogP contribution in [0, 0.1) is 0 Å². The number of nitrogens with zero attached hydrogens (tertiary/aromatic N) is 1. The lowest BCUT2D eigenvalue weighted by atomic mass is 10.2. The number of H-pyrrole nitrogens is 2. The first-order valence-electron chi connectivity index (χ1n) is 7.80. The number of fused-ring (bicyclic) bond motifs is 1. The maximum absolute atomic E-state index is 11.9. The van der Waals surface area contributed by atoms with Crippen molar-refractivity contribution in [1.82, 2.24) is 20.3 Å². The molecule has 2 heterocycles. The number of imidazole rings is 1. The molecular weight excluding hydrogens is 322 g/mol. The van der Waals surface area contributed by atoms with Crippen molar-refractivity contribution in [3.63, 3.8) is 0 Å². The van der Waals surface area contributed by atoms with Crippen LogP contribution in [-0.4, -0.2) is 26.8 Å². The second-order valence-electron chi connectivity index (χ2n) is 5.48. The number of hydrogen-bond acceptors (Lipinski definition) is 4. The molecule has 0 aliphatic heterocycles. The number of aromatic amines is 2. The van der Waals surface area contributed by atoms with E-state index in [9.17, 15) is 14.4 Å². The van der Waals surface area contributed by atoms with Crippen LogP contribution in [0.4, 0.5) is 5.82 Å². The molecule has 128 valence electrons. The van der Waals surface area contributed by atoms with Crippen LogP contribution in [-0.2, 0) is 16.1 Å². The van der Waals surface area contributed by atoms with Gasteiger partial charge < -0.3 is 15.6 Å². The van der Waals surface area contributed by atoms with Crippen molar-refractivity contribution in [2.45, 2.75) is 19.4 Å². The van der Waals surface area contributed by atoms with Gasteiger partial charge in [-0.15, -0.1) is 0 Å². The molecule has 8 heteroatoms. The number of pyridine rings is 1. The summed E-state index contributed by atoms with van der Waals surface area (Å²) in [5.41, 5.74) is 1.56. The molecule has 1 aromatic carbocycles. The van der Waals surface area contributed by atoms with E-state index in [1.807, 2.05) is 30.3 Å². The van der Waals surface area contributed by atoms with Crippen molar-refractivity contribution < 1.29 is 9.59 Å². The third-order valence-electron chi connectivity index (χ3n) is 3.55. The van der Waals surface area contributed by atoms with Crippen molar-refractivity contribution in [1.29, 1.82) is 0 Å². The summed E-state index contributed by atoms with van der Waals surface area (Å²) in [6, 6.07) is 12.8. The summed E-state index contributed by atoms with van der Waals surface area (Å²) >= 11 is 0. The highest BCUT2D eigenvalue weighted by molar-refractivity contribution is 5.93. The van der Waals surface area contributed by atoms with E-state index < -0.39 is 0 Å². The first-order valence-corrected chi connectivity index (χ1v) is 7.80. The molecule has 0 fully saturated rings. The Bertz CT molecular complexity index is 946. The fraction of sp³-hybridized carbons (Fsp3) is 0.176. The number of carbonyl (C=O) groups is 2. The van der Waals surface area contributed by atoms with E-state index in [2.05, 4.69) is 25.6 Å². The van der Waals surface area contributed by atoms with Crippen LogP contribution in [0.25, 0.3) is 11.2 Å². The molecular formula is C17H17N5O3. The lowest BCUT2D eigenvalue weighted by Gasteiger charge is -2.06. The molecule has 2 amide bonds. The molecule has 8 nitrogen and oxygen atoms in total. The van der Waals surface area contributed by atoms with E-state index in [-0.39, 0.29) is 30.3 Å². The Labute approximate surface area is 142 Å². The summed E-state index contributed by atoms with van der Waals surface area (Å²) in [6.07, 6.45) is 0.131.